The standard InChI is InChI=1S/C21H18Cl2FN3O3/c22-15-9-13-14(10-16(15)23)21(30)27(20(13)29)11-19(28)25-17-8-12(24)4-5-18(17)26-6-2-1-3-7-26/h4-5,8-10H,1-3,6-7,11H2,(H,25,28). The minimum absolute atomic E-state index is 0.0990. The van der Waals surface area contributed by atoms with Gasteiger partial charge in [0.2, 0.25) is 5.91 Å². The zero-order chi connectivity index (χ0) is 21.4. The molecule has 156 valence electrons. The molecule has 0 spiro atoms. The van der Waals surface area contributed by atoms with E-state index in [1.165, 1.54) is 24.3 Å². The molecule has 6 nitrogen and oxygen atoms in total. The Morgan fingerprint density at radius 2 is 1.57 bits per heavy atom. The number of fused-ring (bicyclic) bond motifs is 1. The summed E-state index contributed by atoms with van der Waals surface area (Å²) in [7, 11) is 0. The molecule has 0 aromatic heterocycles. The SMILES string of the molecule is O=C(CN1C(=O)c2cc(Cl)c(Cl)cc2C1=O)Nc1cc(F)ccc1N1CCCCC1. The van der Waals surface area contributed by atoms with Crippen LogP contribution in [0.15, 0.2) is 30.3 Å². The summed E-state index contributed by atoms with van der Waals surface area (Å²) < 4.78 is 13.8. The molecule has 30 heavy (non-hydrogen) atoms. The Kier molecular flexibility index (Phi) is 5.66. The maximum atomic E-state index is 13.8. The topological polar surface area (TPSA) is 69.7 Å². The lowest BCUT2D eigenvalue weighted by molar-refractivity contribution is -0.116. The Morgan fingerprint density at radius 1 is 0.967 bits per heavy atom. The van der Waals surface area contributed by atoms with Crippen molar-refractivity contribution < 1.29 is 18.8 Å². The molecule has 1 saturated heterocycles. The number of carbonyl (C=O) groups is 3. The first-order valence-electron chi connectivity index (χ1n) is 9.55. The van der Waals surface area contributed by atoms with Gasteiger partial charge in [-0.3, -0.25) is 19.3 Å². The van der Waals surface area contributed by atoms with Crippen LogP contribution in [0.3, 0.4) is 0 Å². The third-order valence-corrected chi connectivity index (χ3v) is 5.96. The van der Waals surface area contributed by atoms with E-state index >= 15 is 0 Å². The van der Waals surface area contributed by atoms with Crippen LogP contribution in [0.2, 0.25) is 10.0 Å². The van der Waals surface area contributed by atoms with Crippen LogP contribution in [0.5, 0.6) is 0 Å². The lowest BCUT2D eigenvalue weighted by Gasteiger charge is -2.30. The summed E-state index contributed by atoms with van der Waals surface area (Å²) in [6.45, 7) is 1.13. The number of amides is 3. The number of hydrogen-bond acceptors (Lipinski definition) is 4. The number of halogens is 3. The molecular weight excluding hydrogens is 432 g/mol. The van der Waals surface area contributed by atoms with Crippen molar-refractivity contribution in [2.75, 3.05) is 29.9 Å². The van der Waals surface area contributed by atoms with E-state index in [2.05, 4.69) is 10.2 Å². The van der Waals surface area contributed by atoms with Crippen molar-refractivity contribution in [2.24, 2.45) is 0 Å². The highest BCUT2D eigenvalue weighted by molar-refractivity contribution is 6.43. The van der Waals surface area contributed by atoms with Gasteiger partial charge < -0.3 is 10.2 Å². The summed E-state index contributed by atoms with van der Waals surface area (Å²) >= 11 is 11.9. The predicted molar refractivity (Wildman–Crippen MR) is 113 cm³/mol. The summed E-state index contributed by atoms with van der Waals surface area (Å²) in [5.74, 6) is -2.35. The number of benzene rings is 2. The van der Waals surface area contributed by atoms with Crippen molar-refractivity contribution in [1.29, 1.82) is 0 Å². The fourth-order valence-electron chi connectivity index (χ4n) is 3.78. The summed E-state index contributed by atoms with van der Waals surface area (Å²) in [5, 5.41) is 2.94. The lowest BCUT2D eigenvalue weighted by Crippen LogP contribution is -2.38. The maximum Gasteiger partial charge on any atom is 0.262 e. The van der Waals surface area contributed by atoms with E-state index < -0.39 is 30.1 Å². The first-order chi connectivity index (χ1) is 14.3. The molecule has 0 unspecified atom stereocenters. The minimum atomic E-state index is -0.626. The zero-order valence-electron chi connectivity index (χ0n) is 15.9. The predicted octanol–water partition coefficient (Wildman–Crippen LogP) is 4.36. The summed E-state index contributed by atoms with van der Waals surface area (Å²) in [6, 6.07) is 6.85. The number of nitrogens with zero attached hydrogens (tertiary/aromatic N) is 2. The monoisotopic (exact) mass is 449 g/mol. The van der Waals surface area contributed by atoms with Gasteiger partial charge in [-0.15, -0.1) is 0 Å². The van der Waals surface area contributed by atoms with Gasteiger partial charge in [0.25, 0.3) is 11.8 Å². The highest BCUT2D eigenvalue weighted by atomic mass is 35.5. The fraction of sp³-hybridized carbons (Fsp3) is 0.286. The van der Waals surface area contributed by atoms with E-state index in [0.29, 0.717) is 11.4 Å². The lowest BCUT2D eigenvalue weighted by atomic mass is 10.1. The van der Waals surface area contributed by atoms with Gasteiger partial charge in [0.1, 0.15) is 12.4 Å². The molecule has 2 aliphatic heterocycles. The molecular formula is C21H18Cl2FN3O3. The third kappa shape index (κ3) is 3.87. The number of rotatable bonds is 4. The highest BCUT2D eigenvalue weighted by Gasteiger charge is 2.37. The van der Waals surface area contributed by atoms with Crippen LogP contribution in [0.4, 0.5) is 15.8 Å². The molecule has 3 amide bonds. The molecule has 0 saturated carbocycles. The number of nitrogens with one attached hydrogen (secondary N) is 1. The highest BCUT2D eigenvalue weighted by Crippen LogP contribution is 2.32. The number of anilines is 2. The van der Waals surface area contributed by atoms with Crippen molar-refractivity contribution in [1.82, 2.24) is 4.90 Å². The Balaban J connectivity index is 1.52. The van der Waals surface area contributed by atoms with Crippen LogP contribution < -0.4 is 10.2 Å². The second kappa shape index (κ2) is 8.24. The van der Waals surface area contributed by atoms with Gasteiger partial charge in [-0.05, 0) is 49.6 Å². The molecule has 9 heteroatoms. The third-order valence-electron chi connectivity index (χ3n) is 5.24. The molecule has 1 N–H and O–H groups in total. The van der Waals surface area contributed by atoms with E-state index in [0.717, 1.165) is 37.3 Å². The number of carbonyl (C=O) groups excluding carboxylic acids is 3. The Hall–Kier alpha value is -2.64. The van der Waals surface area contributed by atoms with E-state index in [4.69, 9.17) is 23.2 Å². The first-order valence-corrected chi connectivity index (χ1v) is 10.3. The summed E-state index contributed by atoms with van der Waals surface area (Å²) in [6.07, 6.45) is 3.17. The molecule has 0 atom stereocenters. The van der Waals surface area contributed by atoms with Gasteiger partial charge in [0.15, 0.2) is 0 Å². The Labute approximate surface area is 182 Å². The molecule has 2 heterocycles. The van der Waals surface area contributed by atoms with Crippen LogP contribution >= 0.6 is 23.2 Å². The van der Waals surface area contributed by atoms with Crippen molar-refractivity contribution in [3.05, 3.63) is 57.3 Å². The van der Waals surface area contributed by atoms with Crippen LogP contribution in [-0.2, 0) is 4.79 Å². The molecule has 2 aromatic rings. The number of imide groups is 1. The van der Waals surface area contributed by atoms with Gasteiger partial charge in [-0.25, -0.2) is 4.39 Å². The largest absolute Gasteiger partial charge is 0.370 e. The molecule has 0 bridgehead atoms. The van der Waals surface area contributed by atoms with Gasteiger partial charge in [0.05, 0.1) is 32.5 Å². The molecule has 2 aliphatic rings. The second-order valence-electron chi connectivity index (χ2n) is 7.27. The van der Waals surface area contributed by atoms with Gasteiger partial charge in [-0.1, -0.05) is 23.2 Å². The normalized spacial score (nSPS) is 16.1. The van der Waals surface area contributed by atoms with E-state index in [1.54, 1.807) is 6.07 Å². The molecule has 0 radical (unpaired) electrons. The maximum absolute atomic E-state index is 13.8. The van der Waals surface area contributed by atoms with Crippen LogP contribution in [0, 0.1) is 5.82 Å². The van der Waals surface area contributed by atoms with Crippen molar-refractivity contribution in [2.45, 2.75) is 19.3 Å². The molecule has 4 rings (SSSR count). The number of piperidine rings is 1. The summed E-state index contributed by atoms with van der Waals surface area (Å²) in [4.78, 5) is 40.7. The van der Waals surface area contributed by atoms with Gasteiger partial charge in [-0.2, -0.15) is 0 Å². The zero-order valence-corrected chi connectivity index (χ0v) is 17.4. The fourth-order valence-corrected chi connectivity index (χ4v) is 4.11. The van der Waals surface area contributed by atoms with Crippen molar-refractivity contribution in [3.8, 4) is 0 Å². The average molecular weight is 450 g/mol. The van der Waals surface area contributed by atoms with Crippen molar-refractivity contribution in [3.63, 3.8) is 0 Å². The van der Waals surface area contributed by atoms with Gasteiger partial charge >= 0.3 is 0 Å². The first kappa shape index (κ1) is 20.6. The number of hydrogen-bond donors (Lipinski definition) is 1. The molecule has 2 aromatic carbocycles. The quantitative estimate of drug-likeness (QED) is 0.704. The average Bonchev–Trinajstić information content (AvgIpc) is 2.93. The van der Waals surface area contributed by atoms with Crippen LogP contribution in [0.1, 0.15) is 40.0 Å². The van der Waals surface area contributed by atoms with E-state index in [-0.39, 0.29) is 21.2 Å². The van der Waals surface area contributed by atoms with Crippen LogP contribution in [0.25, 0.3) is 0 Å². The molecule has 0 aliphatic carbocycles. The summed E-state index contributed by atoms with van der Waals surface area (Å²) in [5.41, 5.74) is 1.22. The van der Waals surface area contributed by atoms with E-state index in [1.807, 2.05) is 0 Å². The van der Waals surface area contributed by atoms with Crippen LogP contribution in [-0.4, -0.2) is 42.3 Å². The molecule has 1 fully saturated rings. The minimum Gasteiger partial charge on any atom is -0.370 e. The van der Waals surface area contributed by atoms with E-state index in [9.17, 15) is 18.8 Å². The van der Waals surface area contributed by atoms with Gasteiger partial charge in [0, 0.05) is 13.1 Å². The Bertz CT molecular complexity index is 1010. The second-order valence-corrected chi connectivity index (χ2v) is 8.08. The Morgan fingerprint density at radius 3 is 2.17 bits per heavy atom. The smallest absolute Gasteiger partial charge is 0.262 e. The van der Waals surface area contributed by atoms with Crippen molar-refractivity contribution >= 4 is 52.3 Å².